The molecule has 112 valence electrons. The van der Waals surface area contributed by atoms with Gasteiger partial charge in [-0.25, -0.2) is 24.9 Å². The second-order valence-corrected chi connectivity index (χ2v) is 5.21. The number of halogens is 1. The molecule has 0 aliphatic heterocycles. The molecule has 0 bridgehead atoms. The van der Waals surface area contributed by atoms with E-state index in [0.717, 1.165) is 0 Å². The molecule has 4 aromatic rings. The van der Waals surface area contributed by atoms with Crippen molar-refractivity contribution in [1.82, 2.24) is 39.9 Å². The van der Waals surface area contributed by atoms with Crippen molar-refractivity contribution in [1.29, 1.82) is 0 Å². The van der Waals surface area contributed by atoms with E-state index in [9.17, 15) is 0 Å². The largest absolute Gasteiger partial charge is 0.382 e. The van der Waals surface area contributed by atoms with Gasteiger partial charge in [-0.1, -0.05) is 0 Å². The Kier molecular flexibility index (Phi) is 3.68. The first-order valence-electron chi connectivity index (χ1n) is 5.84. The molecule has 0 saturated heterocycles. The summed E-state index contributed by atoms with van der Waals surface area (Å²) in [6.45, 7) is 0. The Balaban J connectivity index is 0.000000131. The van der Waals surface area contributed by atoms with Crippen LogP contribution in [0.5, 0.6) is 0 Å². The van der Waals surface area contributed by atoms with Crippen LogP contribution in [0.15, 0.2) is 17.4 Å². The number of nitrogens with one attached hydrogen (secondary N) is 3. The summed E-state index contributed by atoms with van der Waals surface area (Å²) in [6.07, 6.45) is 2.77. The van der Waals surface area contributed by atoms with Crippen molar-refractivity contribution in [3.8, 4) is 0 Å². The zero-order chi connectivity index (χ0) is 15.7. The number of hydrogen-bond acceptors (Lipinski definition) is 8. The van der Waals surface area contributed by atoms with E-state index in [2.05, 4.69) is 55.8 Å². The molecule has 0 radical (unpaired) electrons. The molecule has 0 aliphatic carbocycles. The van der Waals surface area contributed by atoms with Crippen molar-refractivity contribution in [2.45, 2.75) is 0 Å². The molecule has 10 nitrogen and oxygen atoms in total. The van der Waals surface area contributed by atoms with Gasteiger partial charge >= 0.3 is 0 Å². The molecule has 0 saturated carbocycles. The van der Waals surface area contributed by atoms with E-state index in [-0.39, 0.29) is 0 Å². The lowest BCUT2D eigenvalue weighted by molar-refractivity contribution is 1.20. The number of anilines is 2. The molecule has 4 heterocycles. The molecular formula is C10H9BrN10S. The third-order valence-corrected chi connectivity index (χ3v) is 3.22. The van der Waals surface area contributed by atoms with E-state index < -0.39 is 0 Å². The van der Waals surface area contributed by atoms with Gasteiger partial charge in [0.05, 0.1) is 0 Å². The number of H-pyrrole nitrogens is 3. The second-order valence-electron chi connectivity index (χ2n) is 4.05. The molecule has 12 heteroatoms. The highest BCUT2D eigenvalue weighted by Gasteiger charge is 2.03. The standard InChI is InChI=1S/C5H4BrN5.C5H5N5S/c6-5-10-2-3(7)8-1-9-4(2)11-5;6-3-2-4(8-1-7-3)10-5(11)9-2/h1H,(H3,7,8,9,10,11);1H,(H4,6,7,8,9,10,11). The van der Waals surface area contributed by atoms with Gasteiger partial charge in [0.25, 0.3) is 0 Å². The fraction of sp³-hybridized carbons (Fsp3) is 0. The highest BCUT2D eigenvalue weighted by molar-refractivity contribution is 9.10. The van der Waals surface area contributed by atoms with Gasteiger partial charge in [0.1, 0.15) is 23.7 Å². The third-order valence-electron chi connectivity index (χ3n) is 2.64. The van der Waals surface area contributed by atoms with Crippen molar-refractivity contribution in [2.75, 3.05) is 11.5 Å². The minimum atomic E-state index is 0.405. The monoisotopic (exact) mass is 380 g/mol. The van der Waals surface area contributed by atoms with Gasteiger partial charge < -0.3 is 26.4 Å². The maximum atomic E-state index is 5.53. The molecular weight excluding hydrogens is 372 g/mol. The summed E-state index contributed by atoms with van der Waals surface area (Å²) in [5.41, 5.74) is 13.6. The Morgan fingerprint density at radius 2 is 1.59 bits per heavy atom. The summed E-state index contributed by atoms with van der Waals surface area (Å²) >= 11 is 8.01. The number of nitrogens with zero attached hydrogens (tertiary/aromatic N) is 5. The van der Waals surface area contributed by atoms with Crippen molar-refractivity contribution < 1.29 is 0 Å². The minimum absolute atomic E-state index is 0.405. The summed E-state index contributed by atoms with van der Waals surface area (Å²) in [5.74, 6) is 0.815. The second kappa shape index (κ2) is 5.65. The zero-order valence-electron chi connectivity index (χ0n) is 10.8. The molecule has 0 unspecified atom stereocenters. The van der Waals surface area contributed by atoms with Crippen LogP contribution in [0.3, 0.4) is 0 Å². The summed E-state index contributed by atoms with van der Waals surface area (Å²) in [6, 6.07) is 0. The van der Waals surface area contributed by atoms with Gasteiger partial charge in [-0.3, -0.25) is 0 Å². The number of rotatable bonds is 0. The maximum Gasteiger partial charge on any atom is 0.183 e. The molecule has 22 heavy (non-hydrogen) atoms. The fourth-order valence-corrected chi connectivity index (χ4v) is 2.25. The van der Waals surface area contributed by atoms with E-state index in [4.69, 9.17) is 23.7 Å². The predicted molar refractivity (Wildman–Crippen MR) is 87.3 cm³/mol. The number of fused-ring (bicyclic) bond motifs is 2. The summed E-state index contributed by atoms with van der Waals surface area (Å²) < 4.78 is 1.12. The third kappa shape index (κ3) is 2.73. The number of nitrogen functional groups attached to an aromatic ring is 2. The Bertz CT molecular complexity index is 1000. The number of aromatic nitrogens is 8. The molecule has 0 aliphatic rings. The van der Waals surface area contributed by atoms with Crippen LogP contribution in [0.4, 0.5) is 11.6 Å². The summed E-state index contributed by atoms with van der Waals surface area (Å²) in [4.78, 5) is 28.0. The topological polar surface area (TPSA) is 164 Å². The van der Waals surface area contributed by atoms with Crippen LogP contribution < -0.4 is 11.5 Å². The van der Waals surface area contributed by atoms with E-state index in [0.29, 0.717) is 43.5 Å². The molecule has 0 fully saturated rings. The van der Waals surface area contributed by atoms with Crippen LogP contribution in [0.25, 0.3) is 22.3 Å². The van der Waals surface area contributed by atoms with Gasteiger partial charge in [-0.15, -0.1) is 0 Å². The van der Waals surface area contributed by atoms with E-state index in [1.807, 2.05) is 0 Å². The van der Waals surface area contributed by atoms with E-state index in [1.54, 1.807) is 0 Å². The van der Waals surface area contributed by atoms with Gasteiger partial charge in [-0.05, 0) is 28.1 Å². The van der Waals surface area contributed by atoms with Gasteiger partial charge in [0.15, 0.2) is 32.4 Å². The van der Waals surface area contributed by atoms with Crippen LogP contribution in [-0.4, -0.2) is 39.9 Å². The minimum Gasteiger partial charge on any atom is -0.382 e. The first-order chi connectivity index (χ1) is 10.5. The fourth-order valence-electron chi connectivity index (χ4n) is 1.69. The van der Waals surface area contributed by atoms with Gasteiger partial charge in [0.2, 0.25) is 0 Å². The van der Waals surface area contributed by atoms with Crippen molar-refractivity contribution in [3.63, 3.8) is 0 Å². The van der Waals surface area contributed by atoms with Gasteiger partial charge in [-0.2, -0.15) is 0 Å². The number of nitrogens with two attached hydrogens (primary N) is 2. The Morgan fingerprint density at radius 3 is 2.27 bits per heavy atom. The average molecular weight is 381 g/mol. The van der Waals surface area contributed by atoms with Crippen LogP contribution in [0.1, 0.15) is 0 Å². The Hall–Kier alpha value is -2.60. The molecule has 7 N–H and O–H groups in total. The first-order valence-corrected chi connectivity index (χ1v) is 7.05. The molecule has 0 amide bonds. The van der Waals surface area contributed by atoms with Crippen LogP contribution in [-0.2, 0) is 0 Å². The van der Waals surface area contributed by atoms with Crippen molar-refractivity contribution in [2.24, 2.45) is 0 Å². The van der Waals surface area contributed by atoms with Crippen LogP contribution in [0, 0.1) is 4.77 Å². The normalized spacial score (nSPS) is 10.6. The van der Waals surface area contributed by atoms with Crippen LogP contribution >= 0.6 is 28.1 Å². The zero-order valence-corrected chi connectivity index (χ0v) is 13.2. The van der Waals surface area contributed by atoms with Gasteiger partial charge in [0, 0.05) is 0 Å². The molecule has 0 spiro atoms. The predicted octanol–water partition coefficient (Wildman–Crippen LogP) is 1.30. The number of hydrogen-bond donors (Lipinski definition) is 5. The number of aromatic amines is 3. The lowest BCUT2D eigenvalue weighted by Crippen LogP contribution is -1.91. The maximum absolute atomic E-state index is 5.53. The molecule has 0 aromatic carbocycles. The molecule has 4 aromatic heterocycles. The summed E-state index contributed by atoms with van der Waals surface area (Å²) in [5, 5.41) is 0. The van der Waals surface area contributed by atoms with Crippen LogP contribution in [0.2, 0.25) is 0 Å². The quantitative estimate of drug-likeness (QED) is 0.225. The highest BCUT2D eigenvalue weighted by atomic mass is 79.9. The molecule has 4 rings (SSSR count). The highest BCUT2D eigenvalue weighted by Crippen LogP contribution is 2.15. The Morgan fingerprint density at radius 1 is 0.909 bits per heavy atom. The lowest BCUT2D eigenvalue weighted by Gasteiger charge is -1.89. The summed E-state index contributed by atoms with van der Waals surface area (Å²) in [7, 11) is 0. The smallest absolute Gasteiger partial charge is 0.183 e. The van der Waals surface area contributed by atoms with Crippen molar-refractivity contribution in [3.05, 3.63) is 22.2 Å². The molecule has 0 atom stereocenters. The Labute approximate surface area is 135 Å². The number of imidazole rings is 2. The van der Waals surface area contributed by atoms with E-state index in [1.165, 1.54) is 12.7 Å². The van der Waals surface area contributed by atoms with Crippen molar-refractivity contribution >= 4 is 62.1 Å². The first kappa shape index (κ1) is 14.3. The average Bonchev–Trinajstić information content (AvgIpc) is 3.03. The SMILES string of the molecule is Nc1ncnc2[nH]c(=S)[nH]c12.Nc1ncnc2nc(Br)[nH]c12. The lowest BCUT2D eigenvalue weighted by atomic mass is 10.5. The van der Waals surface area contributed by atoms with E-state index >= 15 is 0 Å².